The van der Waals surface area contributed by atoms with Gasteiger partial charge in [-0.1, -0.05) is 19.1 Å². The van der Waals surface area contributed by atoms with E-state index in [-0.39, 0.29) is 6.04 Å². The van der Waals surface area contributed by atoms with Gasteiger partial charge in [-0.05, 0) is 65.1 Å². The minimum Gasteiger partial charge on any atom is -0.497 e. The fourth-order valence-corrected chi connectivity index (χ4v) is 3.99. The molecule has 0 radical (unpaired) electrons. The average molecular weight is 354 g/mol. The molecule has 0 aliphatic rings. The molecular formula is C16H20BrNOS. The van der Waals surface area contributed by atoms with Gasteiger partial charge < -0.3 is 10.1 Å². The molecule has 0 fully saturated rings. The summed E-state index contributed by atoms with van der Waals surface area (Å²) in [5.41, 5.74) is 2.62. The fourth-order valence-electron chi connectivity index (χ4n) is 2.24. The highest BCUT2D eigenvalue weighted by Gasteiger charge is 2.17. The summed E-state index contributed by atoms with van der Waals surface area (Å²) in [4.78, 5) is 1.35. The van der Waals surface area contributed by atoms with Crippen LogP contribution < -0.4 is 10.1 Å². The summed E-state index contributed by atoms with van der Waals surface area (Å²) in [7, 11) is 1.70. The van der Waals surface area contributed by atoms with Crippen LogP contribution in [0.2, 0.25) is 0 Å². The molecule has 1 atom stereocenters. The van der Waals surface area contributed by atoms with Crippen molar-refractivity contribution in [2.45, 2.75) is 26.3 Å². The molecule has 1 heterocycles. The SMILES string of the molecule is CCCNC(c1ccc(OC)cc1)c1cc(Br)sc1C. The van der Waals surface area contributed by atoms with Gasteiger partial charge in [-0.15, -0.1) is 11.3 Å². The van der Waals surface area contributed by atoms with E-state index in [1.807, 2.05) is 12.1 Å². The van der Waals surface area contributed by atoms with Crippen LogP contribution in [0.5, 0.6) is 5.75 Å². The molecule has 0 saturated heterocycles. The highest BCUT2D eigenvalue weighted by atomic mass is 79.9. The Morgan fingerprint density at radius 3 is 2.50 bits per heavy atom. The first kappa shape index (κ1) is 15.5. The number of hydrogen-bond donors (Lipinski definition) is 1. The molecule has 1 N–H and O–H groups in total. The van der Waals surface area contributed by atoms with E-state index in [1.165, 1.54) is 19.8 Å². The Bertz CT molecular complexity index is 550. The van der Waals surface area contributed by atoms with Gasteiger partial charge >= 0.3 is 0 Å². The van der Waals surface area contributed by atoms with Gasteiger partial charge in [0.25, 0.3) is 0 Å². The molecule has 0 aliphatic carbocycles. The van der Waals surface area contributed by atoms with Crippen molar-refractivity contribution in [3.8, 4) is 5.75 Å². The zero-order valence-corrected chi connectivity index (χ0v) is 14.5. The van der Waals surface area contributed by atoms with Crippen LogP contribution in [0, 0.1) is 6.92 Å². The average Bonchev–Trinajstić information content (AvgIpc) is 2.79. The Morgan fingerprint density at radius 2 is 2.00 bits per heavy atom. The number of halogens is 1. The molecule has 4 heteroatoms. The predicted octanol–water partition coefficient (Wildman–Crippen LogP) is 4.92. The Hall–Kier alpha value is -0.840. The number of ether oxygens (including phenoxy) is 1. The van der Waals surface area contributed by atoms with Crippen LogP contribution in [0.25, 0.3) is 0 Å². The van der Waals surface area contributed by atoms with Crippen molar-refractivity contribution in [1.29, 1.82) is 0 Å². The first-order valence-electron chi connectivity index (χ1n) is 6.79. The van der Waals surface area contributed by atoms with E-state index in [9.17, 15) is 0 Å². The standard InChI is InChI=1S/C16H20BrNOS/c1-4-9-18-16(14-10-15(17)20-11(14)2)12-5-7-13(19-3)8-6-12/h5-8,10,16,18H,4,9H2,1-3H3. The fraction of sp³-hybridized carbons (Fsp3) is 0.375. The van der Waals surface area contributed by atoms with E-state index in [4.69, 9.17) is 4.74 Å². The van der Waals surface area contributed by atoms with Gasteiger partial charge in [0.2, 0.25) is 0 Å². The van der Waals surface area contributed by atoms with Gasteiger partial charge in [-0.3, -0.25) is 0 Å². The lowest BCUT2D eigenvalue weighted by Crippen LogP contribution is -2.23. The van der Waals surface area contributed by atoms with E-state index in [0.717, 1.165) is 18.7 Å². The van der Waals surface area contributed by atoms with Gasteiger partial charge in [0.05, 0.1) is 16.9 Å². The first-order chi connectivity index (χ1) is 9.65. The number of hydrogen-bond acceptors (Lipinski definition) is 3. The van der Waals surface area contributed by atoms with Crippen LogP contribution in [0.4, 0.5) is 0 Å². The number of rotatable bonds is 6. The molecule has 2 aromatic rings. The van der Waals surface area contributed by atoms with E-state index in [0.29, 0.717) is 0 Å². The molecule has 0 bridgehead atoms. The first-order valence-corrected chi connectivity index (χ1v) is 8.39. The number of nitrogens with one attached hydrogen (secondary N) is 1. The molecule has 2 rings (SSSR count). The van der Waals surface area contributed by atoms with Crippen molar-refractivity contribution in [1.82, 2.24) is 5.32 Å². The molecule has 1 aromatic heterocycles. The molecule has 20 heavy (non-hydrogen) atoms. The van der Waals surface area contributed by atoms with Gasteiger partial charge in [-0.2, -0.15) is 0 Å². The minimum atomic E-state index is 0.239. The highest BCUT2D eigenvalue weighted by molar-refractivity contribution is 9.11. The maximum absolute atomic E-state index is 5.24. The van der Waals surface area contributed by atoms with Crippen LogP contribution in [-0.2, 0) is 0 Å². The van der Waals surface area contributed by atoms with Crippen molar-refractivity contribution in [2.75, 3.05) is 13.7 Å². The number of thiophene rings is 1. The van der Waals surface area contributed by atoms with Crippen molar-refractivity contribution in [3.63, 3.8) is 0 Å². The quantitative estimate of drug-likeness (QED) is 0.795. The summed E-state index contributed by atoms with van der Waals surface area (Å²) in [5.74, 6) is 0.895. The lowest BCUT2D eigenvalue weighted by Gasteiger charge is -2.19. The lowest BCUT2D eigenvalue weighted by atomic mass is 9.99. The second-order valence-corrected chi connectivity index (χ2v) is 7.36. The largest absolute Gasteiger partial charge is 0.497 e. The topological polar surface area (TPSA) is 21.3 Å². The van der Waals surface area contributed by atoms with Crippen LogP contribution in [0.15, 0.2) is 34.1 Å². The summed E-state index contributed by atoms with van der Waals surface area (Å²) in [5, 5.41) is 3.64. The second-order valence-electron chi connectivity index (χ2n) is 4.72. The number of methoxy groups -OCH3 is 1. The van der Waals surface area contributed by atoms with Crippen molar-refractivity contribution >= 4 is 27.3 Å². The smallest absolute Gasteiger partial charge is 0.118 e. The second kappa shape index (κ2) is 7.25. The number of aryl methyl sites for hydroxylation is 1. The molecular weight excluding hydrogens is 334 g/mol. The Balaban J connectivity index is 2.33. The van der Waals surface area contributed by atoms with Crippen molar-refractivity contribution in [2.24, 2.45) is 0 Å². The Kier molecular flexibility index (Phi) is 5.64. The van der Waals surface area contributed by atoms with Gasteiger partial charge in [0.15, 0.2) is 0 Å². The van der Waals surface area contributed by atoms with Crippen LogP contribution in [-0.4, -0.2) is 13.7 Å². The van der Waals surface area contributed by atoms with E-state index < -0.39 is 0 Å². The number of benzene rings is 1. The highest BCUT2D eigenvalue weighted by Crippen LogP contribution is 2.34. The normalized spacial score (nSPS) is 12.4. The van der Waals surface area contributed by atoms with Crippen LogP contribution in [0.3, 0.4) is 0 Å². The van der Waals surface area contributed by atoms with E-state index in [2.05, 4.69) is 53.3 Å². The van der Waals surface area contributed by atoms with Gasteiger partial charge in [0, 0.05) is 4.88 Å². The lowest BCUT2D eigenvalue weighted by molar-refractivity contribution is 0.414. The third kappa shape index (κ3) is 3.62. The molecule has 1 unspecified atom stereocenters. The zero-order chi connectivity index (χ0) is 14.5. The van der Waals surface area contributed by atoms with Gasteiger partial charge in [0.1, 0.15) is 5.75 Å². The maximum atomic E-state index is 5.24. The predicted molar refractivity (Wildman–Crippen MR) is 89.9 cm³/mol. The van der Waals surface area contributed by atoms with Crippen LogP contribution >= 0.6 is 27.3 Å². The molecule has 0 spiro atoms. The van der Waals surface area contributed by atoms with E-state index >= 15 is 0 Å². The summed E-state index contributed by atoms with van der Waals surface area (Å²) in [6.45, 7) is 5.37. The minimum absolute atomic E-state index is 0.239. The molecule has 108 valence electrons. The Morgan fingerprint density at radius 1 is 1.30 bits per heavy atom. The van der Waals surface area contributed by atoms with Crippen molar-refractivity contribution < 1.29 is 4.74 Å². The molecule has 0 aliphatic heterocycles. The van der Waals surface area contributed by atoms with Gasteiger partial charge in [-0.25, -0.2) is 0 Å². The van der Waals surface area contributed by atoms with E-state index in [1.54, 1.807) is 18.4 Å². The monoisotopic (exact) mass is 353 g/mol. The third-order valence-electron chi connectivity index (χ3n) is 3.28. The zero-order valence-electron chi connectivity index (χ0n) is 12.1. The Labute approximate surface area is 133 Å². The summed E-state index contributed by atoms with van der Waals surface area (Å²) in [6.07, 6.45) is 1.12. The molecule has 0 saturated carbocycles. The molecule has 2 nitrogen and oxygen atoms in total. The summed E-state index contributed by atoms with van der Waals surface area (Å²) >= 11 is 5.37. The molecule has 0 amide bonds. The van der Waals surface area contributed by atoms with Crippen molar-refractivity contribution in [3.05, 3.63) is 50.1 Å². The summed E-state index contributed by atoms with van der Waals surface area (Å²) in [6, 6.07) is 10.8. The maximum Gasteiger partial charge on any atom is 0.118 e. The van der Waals surface area contributed by atoms with Crippen LogP contribution in [0.1, 0.15) is 35.4 Å². The third-order valence-corrected chi connectivity index (χ3v) is 4.85. The summed E-state index contributed by atoms with van der Waals surface area (Å²) < 4.78 is 6.42. The molecule has 1 aromatic carbocycles.